The van der Waals surface area contributed by atoms with Crippen LogP contribution in [0.25, 0.3) is 0 Å². The number of hydrazone groups is 1. The number of non-ortho nitro benzene ring substituents is 1. The first-order valence-electron chi connectivity index (χ1n) is 8.31. The number of methoxy groups -OCH3 is 2. The molecule has 2 rings (SSSR count). The van der Waals surface area contributed by atoms with Crippen LogP contribution >= 0.6 is 11.8 Å². The number of hydrogen-bond acceptors (Lipinski definition) is 7. The fourth-order valence-electron chi connectivity index (χ4n) is 2.28. The zero-order valence-corrected chi connectivity index (χ0v) is 16.6. The van der Waals surface area contributed by atoms with E-state index < -0.39 is 4.92 Å². The normalized spacial score (nSPS) is 11.0. The fraction of sp³-hybridized carbons (Fsp3) is 0.263. The molecule has 1 N–H and O–H groups in total. The SMILES string of the molecule is COc1ccc(C(C)=NNC(=O)CSCc2ccc([N+](=O)[O-])cc2)cc1OC. The minimum Gasteiger partial charge on any atom is -0.493 e. The van der Waals surface area contributed by atoms with Gasteiger partial charge in [0, 0.05) is 23.4 Å². The van der Waals surface area contributed by atoms with Crippen LogP contribution in [0.2, 0.25) is 0 Å². The van der Waals surface area contributed by atoms with Crippen LogP contribution in [-0.2, 0) is 10.5 Å². The number of ether oxygens (including phenoxy) is 2. The van der Waals surface area contributed by atoms with E-state index in [2.05, 4.69) is 10.5 Å². The minimum atomic E-state index is -0.441. The van der Waals surface area contributed by atoms with Gasteiger partial charge in [0.05, 0.1) is 30.6 Å². The van der Waals surface area contributed by atoms with Crippen molar-refractivity contribution < 1.29 is 19.2 Å². The van der Waals surface area contributed by atoms with E-state index in [4.69, 9.17) is 9.47 Å². The highest BCUT2D eigenvalue weighted by Crippen LogP contribution is 2.27. The van der Waals surface area contributed by atoms with Crippen LogP contribution in [0.15, 0.2) is 47.6 Å². The van der Waals surface area contributed by atoms with Crippen molar-refractivity contribution >= 4 is 29.1 Å². The molecule has 8 nitrogen and oxygen atoms in total. The summed E-state index contributed by atoms with van der Waals surface area (Å²) in [5.74, 6) is 1.76. The zero-order valence-electron chi connectivity index (χ0n) is 15.8. The Hall–Kier alpha value is -3.07. The van der Waals surface area contributed by atoms with Gasteiger partial charge in [-0.1, -0.05) is 12.1 Å². The van der Waals surface area contributed by atoms with Crippen LogP contribution in [0.5, 0.6) is 11.5 Å². The molecule has 9 heteroatoms. The Labute approximate surface area is 167 Å². The van der Waals surface area contributed by atoms with Crippen molar-refractivity contribution in [2.45, 2.75) is 12.7 Å². The maximum atomic E-state index is 12.0. The summed E-state index contributed by atoms with van der Waals surface area (Å²) in [6.07, 6.45) is 0. The van der Waals surface area contributed by atoms with Gasteiger partial charge in [0.25, 0.3) is 5.69 Å². The molecule has 2 aromatic carbocycles. The van der Waals surface area contributed by atoms with Crippen molar-refractivity contribution in [2.24, 2.45) is 5.10 Å². The highest BCUT2D eigenvalue weighted by atomic mass is 32.2. The average molecular weight is 403 g/mol. The molecule has 0 bridgehead atoms. The quantitative estimate of drug-likeness (QED) is 0.391. The molecule has 1 amide bonds. The van der Waals surface area contributed by atoms with Crippen LogP contribution in [-0.4, -0.2) is 36.5 Å². The molecule has 2 aromatic rings. The van der Waals surface area contributed by atoms with Gasteiger partial charge in [-0.15, -0.1) is 11.8 Å². The summed E-state index contributed by atoms with van der Waals surface area (Å²) in [6.45, 7) is 1.78. The first-order valence-corrected chi connectivity index (χ1v) is 9.46. The van der Waals surface area contributed by atoms with Gasteiger partial charge in [-0.2, -0.15) is 5.10 Å². The van der Waals surface area contributed by atoms with Crippen LogP contribution in [0.4, 0.5) is 5.69 Å². The third-order valence-corrected chi connectivity index (χ3v) is 4.80. The number of nitrogens with one attached hydrogen (secondary N) is 1. The molecule has 0 heterocycles. The van der Waals surface area contributed by atoms with E-state index in [1.165, 1.54) is 23.9 Å². The molecule has 0 saturated heterocycles. The largest absolute Gasteiger partial charge is 0.493 e. The zero-order chi connectivity index (χ0) is 20.5. The van der Waals surface area contributed by atoms with E-state index in [1.54, 1.807) is 45.4 Å². The maximum Gasteiger partial charge on any atom is 0.269 e. The Kier molecular flexibility index (Phi) is 7.82. The number of benzene rings is 2. The third kappa shape index (κ3) is 5.98. The van der Waals surface area contributed by atoms with E-state index in [0.717, 1.165) is 11.1 Å². The van der Waals surface area contributed by atoms with Gasteiger partial charge in [0.15, 0.2) is 11.5 Å². The van der Waals surface area contributed by atoms with Crippen LogP contribution in [0, 0.1) is 10.1 Å². The van der Waals surface area contributed by atoms with Gasteiger partial charge in [-0.25, -0.2) is 5.43 Å². The third-order valence-electron chi connectivity index (χ3n) is 3.80. The fourth-order valence-corrected chi connectivity index (χ4v) is 3.06. The summed E-state index contributed by atoms with van der Waals surface area (Å²) in [5.41, 5.74) is 4.92. The lowest BCUT2D eigenvalue weighted by Crippen LogP contribution is -2.21. The molecule has 0 aliphatic rings. The minimum absolute atomic E-state index is 0.0477. The molecular formula is C19H21N3O5S. The number of nitrogens with zero attached hydrogens (tertiary/aromatic N) is 2. The number of carbonyl (C=O) groups excluding carboxylic acids is 1. The lowest BCUT2D eigenvalue weighted by atomic mass is 10.1. The predicted octanol–water partition coefficient (Wildman–Crippen LogP) is 3.39. The molecule has 0 aliphatic carbocycles. The molecule has 0 atom stereocenters. The highest BCUT2D eigenvalue weighted by molar-refractivity contribution is 7.99. The number of rotatable bonds is 9. The number of nitro benzene ring substituents is 1. The molecular weight excluding hydrogens is 382 g/mol. The molecule has 0 aromatic heterocycles. The van der Waals surface area contributed by atoms with Gasteiger partial charge >= 0.3 is 0 Å². The van der Waals surface area contributed by atoms with Crippen molar-refractivity contribution in [1.29, 1.82) is 0 Å². The molecule has 0 unspecified atom stereocenters. The molecule has 28 heavy (non-hydrogen) atoms. The number of carbonyl (C=O) groups is 1. The second-order valence-corrected chi connectivity index (χ2v) is 6.70. The second kappa shape index (κ2) is 10.3. The topological polar surface area (TPSA) is 103 Å². The number of thioether (sulfide) groups is 1. The molecule has 0 saturated carbocycles. The Morgan fingerprint density at radius 2 is 1.82 bits per heavy atom. The number of amides is 1. The Bertz CT molecular complexity index is 868. The van der Waals surface area contributed by atoms with Crippen molar-refractivity contribution in [3.05, 3.63) is 63.7 Å². The number of nitro groups is 1. The van der Waals surface area contributed by atoms with E-state index in [0.29, 0.717) is 23.0 Å². The highest BCUT2D eigenvalue weighted by Gasteiger charge is 2.08. The molecule has 0 fully saturated rings. The van der Waals surface area contributed by atoms with Crippen LogP contribution in [0.3, 0.4) is 0 Å². The first-order chi connectivity index (χ1) is 13.4. The second-order valence-electron chi connectivity index (χ2n) is 5.72. The summed E-state index contributed by atoms with van der Waals surface area (Å²) >= 11 is 1.40. The van der Waals surface area contributed by atoms with Crippen molar-refractivity contribution in [1.82, 2.24) is 5.43 Å². The summed E-state index contributed by atoms with van der Waals surface area (Å²) in [6, 6.07) is 11.7. The Balaban J connectivity index is 1.84. The maximum absolute atomic E-state index is 12.0. The van der Waals surface area contributed by atoms with Gasteiger partial charge in [-0.05, 0) is 30.7 Å². The van der Waals surface area contributed by atoms with Gasteiger partial charge in [-0.3, -0.25) is 14.9 Å². The molecule has 0 radical (unpaired) electrons. The monoisotopic (exact) mass is 403 g/mol. The van der Waals surface area contributed by atoms with Gasteiger partial charge in [0.1, 0.15) is 0 Å². The Morgan fingerprint density at radius 3 is 2.43 bits per heavy atom. The van der Waals surface area contributed by atoms with Gasteiger partial charge in [0.2, 0.25) is 5.91 Å². The van der Waals surface area contributed by atoms with E-state index >= 15 is 0 Å². The standard InChI is InChI=1S/C19H21N3O5S/c1-13(15-6-9-17(26-2)18(10-15)27-3)20-21-19(23)12-28-11-14-4-7-16(8-5-14)22(24)25/h4-10H,11-12H2,1-3H3,(H,21,23). The molecule has 148 valence electrons. The van der Waals surface area contributed by atoms with Crippen LogP contribution in [0.1, 0.15) is 18.1 Å². The lowest BCUT2D eigenvalue weighted by molar-refractivity contribution is -0.384. The summed E-state index contributed by atoms with van der Waals surface area (Å²) in [5, 5.41) is 14.7. The average Bonchev–Trinajstić information content (AvgIpc) is 2.71. The molecule has 0 spiro atoms. The van der Waals surface area contributed by atoms with Gasteiger partial charge < -0.3 is 9.47 Å². The van der Waals surface area contributed by atoms with E-state index in [1.807, 2.05) is 6.07 Å². The van der Waals surface area contributed by atoms with Crippen molar-refractivity contribution in [3.8, 4) is 11.5 Å². The first kappa shape index (κ1) is 21.2. The summed E-state index contributed by atoms with van der Waals surface area (Å²) in [7, 11) is 3.12. The summed E-state index contributed by atoms with van der Waals surface area (Å²) < 4.78 is 10.5. The van der Waals surface area contributed by atoms with E-state index in [9.17, 15) is 14.9 Å². The molecule has 0 aliphatic heterocycles. The predicted molar refractivity (Wildman–Crippen MR) is 109 cm³/mol. The smallest absolute Gasteiger partial charge is 0.269 e. The van der Waals surface area contributed by atoms with E-state index in [-0.39, 0.29) is 17.3 Å². The lowest BCUT2D eigenvalue weighted by Gasteiger charge is -2.09. The summed E-state index contributed by atoms with van der Waals surface area (Å²) in [4.78, 5) is 22.2. The van der Waals surface area contributed by atoms with Crippen LogP contribution < -0.4 is 14.9 Å². The number of hydrogen-bond donors (Lipinski definition) is 1. The van der Waals surface area contributed by atoms with Crippen molar-refractivity contribution in [2.75, 3.05) is 20.0 Å². The van der Waals surface area contributed by atoms with Crippen molar-refractivity contribution in [3.63, 3.8) is 0 Å². The Morgan fingerprint density at radius 1 is 1.14 bits per heavy atom.